The second-order valence-electron chi connectivity index (χ2n) is 5.90. The average Bonchev–Trinajstić information content (AvgIpc) is 2.71. The normalized spacial score (nSPS) is 12.7. The van der Waals surface area contributed by atoms with Crippen LogP contribution in [0.4, 0.5) is 22.0 Å². The van der Waals surface area contributed by atoms with Gasteiger partial charge in [0.1, 0.15) is 5.82 Å². The monoisotopic (exact) mass is 464 g/mol. The van der Waals surface area contributed by atoms with Crippen LogP contribution in [0.15, 0.2) is 36.4 Å². The molecule has 0 bridgehead atoms. The van der Waals surface area contributed by atoms with Gasteiger partial charge in [-0.3, -0.25) is 4.79 Å². The van der Waals surface area contributed by atoms with E-state index in [1.807, 2.05) is 6.07 Å². The van der Waals surface area contributed by atoms with Crippen molar-refractivity contribution in [3.8, 4) is 11.8 Å². The van der Waals surface area contributed by atoms with Crippen molar-refractivity contribution in [1.29, 1.82) is 5.26 Å². The van der Waals surface area contributed by atoms with Crippen molar-refractivity contribution in [2.24, 2.45) is 0 Å². The fourth-order valence-electron chi connectivity index (χ4n) is 2.35. The molecule has 0 aliphatic heterocycles. The van der Waals surface area contributed by atoms with Crippen LogP contribution in [0.3, 0.4) is 0 Å². The van der Waals surface area contributed by atoms with Gasteiger partial charge in [-0.1, -0.05) is 12.1 Å². The number of hydrogen-bond acceptors (Lipinski definition) is 6. The summed E-state index contributed by atoms with van der Waals surface area (Å²) in [5.74, 6) is -5.76. The molecule has 0 aliphatic carbocycles. The van der Waals surface area contributed by atoms with Crippen LogP contribution in [0.2, 0.25) is 0 Å². The molecule has 1 unspecified atom stereocenters. The maximum Gasteiger partial charge on any atom is 0.534 e. The van der Waals surface area contributed by atoms with Gasteiger partial charge in [0.05, 0.1) is 17.2 Å². The summed E-state index contributed by atoms with van der Waals surface area (Å²) in [6.45, 7) is -0.133. The number of halogens is 5. The van der Waals surface area contributed by atoms with Gasteiger partial charge in [0.25, 0.3) is 5.91 Å². The second-order valence-corrected chi connectivity index (χ2v) is 7.44. The summed E-state index contributed by atoms with van der Waals surface area (Å²) in [7, 11) is -5.33. The lowest BCUT2D eigenvalue weighted by atomic mass is 10.1. The van der Waals surface area contributed by atoms with Crippen molar-refractivity contribution in [2.75, 3.05) is 7.11 Å². The zero-order valence-corrected chi connectivity index (χ0v) is 16.4. The number of carbonyl (C=O) groups is 1. The van der Waals surface area contributed by atoms with E-state index in [1.165, 1.54) is 24.3 Å². The summed E-state index contributed by atoms with van der Waals surface area (Å²) in [5.41, 5.74) is -6.11. The predicted octanol–water partition coefficient (Wildman–Crippen LogP) is 3.07. The van der Waals surface area contributed by atoms with Gasteiger partial charge in [-0.15, -0.1) is 0 Å². The molecule has 13 heteroatoms. The van der Waals surface area contributed by atoms with E-state index >= 15 is 0 Å². The van der Waals surface area contributed by atoms with Gasteiger partial charge < -0.3 is 14.2 Å². The number of hydrogen-bond donors (Lipinski definition) is 1. The van der Waals surface area contributed by atoms with Crippen LogP contribution in [0.25, 0.3) is 0 Å². The van der Waals surface area contributed by atoms with Crippen LogP contribution in [0.5, 0.6) is 5.75 Å². The van der Waals surface area contributed by atoms with Crippen molar-refractivity contribution in [1.82, 2.24) is 5.32 Å². The van der Waals surface area contributed by atoms with Crippen molar-refractivity contribution >= 4 is 16.0 Å². The smallest absolute Gasteiger partial charge is 0.373 e. The largest absolute Gasteiger partial charge is 0.534 e. The summed E-state index contributed by atoms with van der Waals surface area (Å²) in [5, 5.41) is 11.1. The maximum atomic E-state index is 14.6. The number of nitrogens with zero attached hydrogens (tertiary/aromatic N) is 1. The van der Waals surface area contributed by atoms with Gasteiger partial charge in [0.2, 0.25) is 0 Å². The molecule has 2 aromatic carbocycles. The number of nitrogens with one attached hydrogen (secondary N) is 1. The highest BCUT2D eigenvalue weighted by Crippen LogP contribution is 2.33. The number of alkyl halides is 3. The van der Waals surface area contributed by atoms with E-state index in [0.717, 1.165) is 7.11 Å². The zero-order chi connectivity index (χ0) is 23.4. The maximum absolute atomic E-state index is 14.6. The fraction of sp³-hybridized carbons (Fsp3) is 0.222. The minimum absolute atomic E-state index is 0.133. The van der Waals surface area contributed by atoms with E-state index in [-0.39, 0.29) is 6.54 Å². The van der Waals surface area contributed by atoms with Crippen molar-refractivity contribution < 1.29 is 44.1 Å². The van der Waals surface area contributed by atoms with Gasteiger partial charge >= 0.3 is 15.6 Å². The molecule has 0 aliphatic rings. The molecule has 0 radical (unpaired) electrons. The topological polar surface area (TPSA) is 105 Å². The van der Waals surface area contributed by atoms with Crippen molar-refractivity contribution in [3.63, 3.8) is 0 Å². The molecule has 7 nitrogen and oxygen atoms in total. The average molecular weight is 464 g/mol. The highest BCUT2D eigenvalue weighted by molar-refractivity contribution is 7.88. The van der Waals surface area contributed by atoms with E-state index in [2.05, 4.69) is 9.50 Å². The number of amides is 1. The summed E-state index contributed by atoms with van der Waals surface area (Å²) in [4.78, 5) is 12.4. The highest BCUT2D eigenvalue weighted by Gasteiger charge is 2.49. The summed E-state index contributed by atoms with van der Waals surface area (Å²) < 4.78 is 96.9. The minimum Gasteiger partial charge on any atom is -0.373 e. The molecule has 0 saturated heterocycles. The Bertz CT molecular complexity index is 1110. The van der Waals surface area contributed by atoms with Crippen molar-refractivity contribution in [3.05, 3.63) is 64.7 Å². The Labute approximate surface area is 173 Å². The first-order valence-corrected chi connectivity index (χ1v) is 9.60. The van der Waals surface area contributed by atoms with Crippen LogP contribution in [-0.4, -0.2) is 26.9 Å². The van der Waals surface area contributed by atoms with Crippen LogP contribution >= 0.6 is 0 Å². The Morgan fingerprint density at radius 2 is 1.77 bits per heavy atom. The molecule has 0 heterocycles. The van der Waals surface area contributed by atoms with E-state index in [4.69, 9.17) is 10.00 Å². The standard InChI is InChI=1S/C18H13F5N2O5S/c1-29-16(17(26)25-9-11-4-2-10(8-24)3-5-11)14-12(19)6-7-13(15(14)20)30-31(27,28)18(21,22)23/h2-7,16H,9H2,1H3,(H,25,26). The molecule has 166 valence electrons. The number of carbonyl (C=O) groups excluding carboxylic acids is 1. The zero-order valence-electron chi connectivity index (χ0n) is 15.5. The molecule has 1 amide bonds. The first kappa shape index (κ1) is 24.0. The quantitative estimate of drug-likeness (QED) is 0.384. The predicted molar refractivity (Wildman–Crippen MR) is 94.7 cm³/mol. The van der Waals surface area contributed by atoms with Gasteiger partial charge in [0, 0.05) is 13.7 Å². The Morgan fingerprint density at radius 3 is 2.29 bits per heavy atom. The van der Waals surface area contributed by atoms with Crippen LogP contribution in [0, 0.1) is 23.0 Å². The van der Waals surface area contributed by atoms with E-state index in [1.54, 1.807) is 0 Å². The summed E-state index contributed by atoms with van der Waals surface area (Å²) in [6.07, 6.45) is -1.98. The molecule has 1 atom stereocenters. The van der Waals surface area contributed by atoms with E-state index < -0.39 is 50.6 Å². The number of benzene rings is 2. The lowest BCUT2D eigenvalue weighted by Gasteiger charge is -2.18. The molecule has 0 aromatic heterocycles. The van der Waals surface area contributed by atoms with Crippen LogP contribution < -0.4 is 9.50 Å². The van der Waals surface area contributed by atoms with Crippen LogP contribution in [-0.2, 0) is 26.2 Å². The Hall–Kier alpha value is -3.24. The third-order valence-corrected chi connectivity index (χ3v) is 4.83. The van der Waals surface area contributed by atoms with Crippen LogP contribution in [0.1, 0.15) is 22.8 Å². The molecule has 2 rings (SSSR count). The number of rotatable bonds is 7. The first-order valence-electron chi connectivity index (χ1n) is 8.19. The highest BCUT2D eigenvalue weighted by atomic mass is 32.2. The van der Waals surface area contributed by atoms with Crippen molar-refractivity contribution in [2.45, 2.75) is 18.2 Å². The fourth-order valence-corrected chi connectivity index (χ4v) is 2.81. The summed E-state index contributed by atoms with van der Waals surface area (Å²) in [6, 6.07) is 8.62. The Kier molecular flexibility index (Phi) is 7.19. The third-order valence-electron chi connectivity index (χ3n) is 3.86. The lowest BCUT2D eigenvalue weighted by Crippen LogP contribution is -2.31. The molecule has 0 fully saturated rings. The molecular formula is C18H13F5N2O5S. The van der Waals surface area contributed by atoms with E-state index in [0.29, 0.717) is 23.3 Å². The Balaban J connectivity index is 2.29. The summed E-state index contributed by atoms with van der Waals surface area (Å²) >= 11 is 0. The van der Waals surface area contributed by atoms with Gasteiger partial charge in [0.15, 0.2) is 17.7 Å². The van der Waals surface area contributed by atoms with Gasteiger partial charge in [-0.25, -0.2) is 8.78 Å². The molecule has 2 aromatic rings. The second kappa shape index (κ2) is 9.27. The molecule has 0 saturated carbocycles. The minimum atomic E-state index is -6.23. The molecule has 31 heavy (non-hydrogen) atoms. The first-order chi connectivity index (χ1) is 14.4. The molecule has 0 spiro atoms. The molecule has 1 N–H and O–H groups in total. The number of methoxy groups -OCH3 is 1. The lowest BCUT2D eigenvalue weighted by molar-refractivity contribution is -0.131. The number of nitriles is 1. The third kappa shape index (κ3) is 5.47. The van der Waals surface area contributed by atoms with Gasteiger partial charge in [-0.05, 0) is 29.8 Å². The number of ether oxygens (including phenoxy) is 1. The van der Waals surface area contributed by atoms with Gasteiger partial charge in [-0.2, -0.15) is 26.9 Å². The molecular weight excluding hydrogens is 451 g/mol. The van der Waals surface area contributed by atoms with E-state index in [9.17, 15) is 35.2 Å². The Morgan fingerprint density at radius 1 is 1.16 bits per heavy atom. The SMILES string of the molecule is COC(C(=O)NCc1ccc(C#N)cc1)c1c(F)ccc(OS(=O)(=O)C(F)(F)F)c1F.